The second-order valence-electron chi connectivity index (χ2n) is 6.41. The van der Waals surface area contributed by atoms with Crippen LogP contribution in [0, 0.1) is 0 Å². The van der Waals surface area contributed by atoms with Crippen LogP contribution in [-0.4, -0.2) is 44.4 Å². The average molecular weight is 453 g/mol. The van der Waals surface area contributed by atoms with Crippen LogP contribution in [0.2, 0.25) is 0 Å². The van der Waals surface area contributed by atoms with Gasteiger partial charge in [-0.25, -0.2) is 0 Å². The van der Waals surface area contributed by atoms with Crippen molar-refractivity contribution >= 4 is 24.8 Å². The number of piperazine rings is 1. The molecule has 1 aliphatic heterocycles. The summed E-state index contributed by atoms with van der Waals surface area (Å²) in [4.78, 5) is 1.45. The summed E-state index contributed by atoms with van der Waals surface area (Å²) < 4.78 is 52.3. The van der Waals surface area contributed by atoms with Crippen LogP contribution in [0.1, 0.15) is 17.2 Å². The van der Waals surface area contributed by atoms with Gasteiger partial charge in [0.25, 0.3) is 0 Å². The monoisotopic (exact) mass is 452 g/mol. The van der Waals surface area contributed by atoms with E-state index in [2.05, 4.69) is 5.32 Å². The number of nitrogens with one attached hydrogen (secondary N) is 1. The van der Waals surface area contributed by atoms with Crippen LogP contribution in [-0.2, 0) is 6.61 Å². The lowest BCUT2D eigenvalue weighted by Gasteiger charge is -2.36. The molecule has 0 unspecified atom stereocenters. The zero-order valence-electron chi connectivity index (χ0n) is 15.9. The van der Waals surface area contributed by atoms with Crippen molar-refractivity contribution in [2.75, 3.05) is 33.3 Å². The van der Waals surface area contributed by atoms with Gasteiger partial charge in [-0.3, -0.25) is 4.90 Å². The van der Waals surface area contributed by atoms with Crippen molar-refractivity contribution in [3.8, 4) is 11.5 Å². The lowest BCUT2D eigenvalue weighted by Crippen LogP contribution is -2.49. The van der Waals surface area contributed by atoms with E-state index in [-0.39, 0.29) is 30.4 Å². The Hall–Kier alpha value is -1.67. The number of rotatable bonds is 6. The summed E-state index contributed by atoms with van der Waals surface area (Å²) in [6.07, 6.45) is -4.37. The SMILES string of the molecule is COc1cc([C@H](N2CCNCC2)C(F)(F)F)ccc1OCc1ccccc1.Cl.Cl. The molecule has 2 aromatic carbocycles. The molecule has 1 saturated heterocycles. The number of nitrogens with zero attached hydrogens (tertiary/aromatic N) is 1. The zero-order chi connectivity index (χ0) is 19.3. The highest BCUT2D eigenvalue weighted by atomic mass is 35.5. The third-order valence-corrected chi connectivity index (χ3v) is 4.57. The quantitative estimate of drug-likeness (QED) is 0.692. The molecular formula is C20H25Cl2F3N2O2. The van der Waals surface area contributed by atoms with Gasteiger partial charge >= 0.3 is 6.18 Å². The smallest absolute Gasteiger partial charge is 0.408 e. The van der Waals surface area contributed by atoms with Crippen molar-refractivity contribution in [1.82, 2.24) is 10.2 Å². The molecule has 0 amide bonds. The summed E-state index contributed by atoms with van der Waals surface area (Å²) in [5.41, 5.74) is 1.13. The topological polar surface area (TPSA) is 33.7 Å². The molecule has 2 aromatic rings. The summed E-state index contributed by atoms with van der Waals surface area (Å²) in [6.45, 7) is 2.10. The van der Waals surface area contributed by atoms with E-state index in [4.69, 9.17) is 9.47 Å². The number of hydrogen-bond donors (Lipinski definition) is 1. The second kappa shape index (κ2) is 11.5. The fourth-order valence-corrected chi connectivity index (χ4v) is 3.26. The Morgan fingerprint density at radius 1 is 1.00 bits per heavy atom. The van der Waals surface area contributed by atoms with E-state index >= 15 is 0 Å². The van der Waals surface area contributed by atoms with E-state index < -0.39 is 12.2 Å². The van der Waals surface area contributed by atoms with Crippen LogP contribution >= 0.6 is 24.8 Å². The van der Waals surface area contributed by atoms with Gasteiger partial charge in [-0.15, -0.1) is 24.8 Å². The van der Waals surface area contributed by atoms with Crippen LogP contribution in [0.5, 0.6) is 11.5 Å². The highest BCUT2D eigenvalue weighted by Crippen LogP contribution is 2.41. The number of hydrogen-bond acceptors (Lipinski definition) is 4. The maximum atomic E-state index is 13.8. The maximum absolute atomic E-state index is 13.8. The Kier molecular flexibility index (Phi) is 10.1. The van der Waals surface area contributed by atoms with Crippen LogP contribution < -0.4 is 14.8 Å². The van der Waals surface area contributed by atoms with Crippen LogP contribution in [0.25, 0.3) is 0 Å². The van der Waals surface area contributed by atoms with Gasteiger partial charge in [0, 0.05) is 26.2 Å². The van der Waals surface area contributed by atoms with Gasteiger partial charge in [-0.1, -0.05) is 36.4 Å². The minimum Gasteiger partial charge on any atom is -0.493 e. The van der Waals surface area contributed by atoms with Gasteiger partial charge in [0.15, 0.2) is 11.5 Å². The Morgan fingerprint density at radius 3 is 2.24 bits per heavy atom. The van der Waals surface area contributed by atoms with Crippen molar-refractivity contribution in [2.45, 2.75) is 18.8 Å². The molecule has 0 bridgehead atoms. The molecule has 1 aliphatic rings. The van der Waals surface area contributed by atoms with Gasteiger partial charge in [0.1, 0.15) is 12.6 Å². The average Bonchev–Trinajstić information content (AvgIpc) is 2.67. The van der Waals surface area contributed by atoms with E-state index in [0.717, 1.165) is 5.56 Å². The standard InChI is InChI=1S/C20H23F3N2O2.2ClH/c1-26-18-13-16(19(20(21,22)23)25-11-9-24-10-12-25)7-8-17(18)27-14-15-5-3-2-4-6-15;;/h2-8,13,19,24H,9-12,14H2,1H3;2*1H/t19-;;/m0../s1. The van der Waals surface area contributed by atoms with Gasteiger partial charge in [0.05, 0.1) is 7.11 Å². The Balaban J connectivity index is 0.00000210. The van der Waals surface area contributed by atoms with E-state index in [1.165, 1.54) is 24.1 Å². The van der Waals surface area contributed by atoms with Gasteiger partial charge in [-0.2, -0.15) is 13.2 Å². The molecule has 1 atom stereocenters. The molecule has 0 saturated carbocycles. The minimum atomic E-state index is -4.37. The Morgan fingerprint density at radius 2 is 1.66 bits per heavy atom. The van der Waals surface area contributed by atoms with E-state index in [9.17, 15) is 13.2 Å². The fourth-order valence-electron chi connectivity index (χ4n) is 3.26. The first kappa shape index (κ1) is 25.4. The molecule has 3 rings (SSSR count). The predicted octanol–water partition coefficient (Wildman–Crippen LogP) is 4.63. The van der Waals surface area contributed by atoms with Crippen molar-refractivity contribution in [1.29, 1.82) is 0 Å². The minimum absolute atomic E-state index is 0. The number of ether oxygens (including phenoxy) is 2. The highest BCUT2D eigenvalue weighted by Gasteiger charge is 2.45. The molecule has 1 heterocycles. The molecule has 4 nitrogen and oxygen atoms in total. The number of methoxy groups -OCH3 is 1. The molecule has 1 N–H and O–H groups in total. The third-order valence-electron chi connectivity index (χ3n) is 4.57. The predicted molar refractivity (Wildman–Crippen MR) is 112 cm³/mol. The van der Waals surface area contributed by atoms with Crippen molar-refractivity contribution in [3.05, 3.63) is 59.7 Å². The van der Waals surface area contributed by atoms with Crippen LogP contribution in [0.15, 0.2) is 48.5 Å². The van der Waals surface area contributed by atoms with Crippen molar-refractivity contribution in [3.63, 3.8) is 0 Å². The molecule has 1 fully saturated rings. The summed E-state index contributed by atoms with van der Waals surface area (Å²) in [7, 11) is 1.43. The zero-order valence-corrected chi connectivity index (χ0v) is 17.6. The van der Waals surface area contributed by atoms with E-state index in [1.54, 1.807) is 6.07 Å². The number of benzene rings is 2. The van der Waals surface area contributed by atoms with Gasteiger partial charge in [0.2, 0.25) is 0 Å². The summed E-state index contributed by atoms with van der Waals surface area (Å²) in [5, 5.41) is 3.08. The van der Waals surface area contributed by atoms with Crippen LogP contribution in [0.4, 0.5) is 13.2 Å². The van der Waals surface area contributed by atoms with Crippen molar-refractivity contribution < 1.29 is 22.6 Å². The fraction of sp³-hybridized carbons (Fsp3) is 0.400. The largest absolute Gasteiger partial charge is 0.493 e. The van der Waals surface area contributed by atoms with Crippen LogP contribution in [0.3, 0.4) is 0 Å². The normalized spacial score (nSPS) is 15.6. The molecular weight excluding hydrogens is 428 g/mol. The molecule has 0 spiro atoms. The number of alkyl halides is 3. The lowest BCUT2D eigenvalue weighted by atomic mass is 10.0. The van der Waals surface area contributed by atoms with Gasteiger partial charge < -0.3 is 14.8 Å². The summed E-state index contributed by atoms with van der Waals surface area (Å²) in [5.74, 6) is 0.721. The van der Waals surface area contributed by atoms with E-state index in [0.29, 0.717) is 44.3 Å². The first-order chi connectivity index (χ1) is 13.0. The molecule has 162 valence electrons. The molecule has 0 aromatic heterocycles. The van der Waals surface area contributed by atoms with E-state index in [1.807, 2.05) is 30.3 Å². The van der Waals surface area contributed by atoms with Crippen molar-refractivity contribution in [2.24, 2.45) is 0 Å². The molecule has 0 aliphatic carbocycles. The number of halogens is 5. The Bertz CT molecular complexity index is 742. The molecule has 29 heavy (non-hydrogen) atoms. The Labute approximate surface area is 181 Å². The molecule has 0 radical (unpaired) electrons. The highest BCUT2D eigenvalue weighted by molar-refractivity contribution is 5.85. The summed E-state index contributed by atoms with van der Waals surface area (Å²) >= 11 is 0. The third kappa shape index (κ3) is 6.67. The maximum Gasteiger partial charge on any atom is 0.408 e. The lowest BCUT2D eigenvalue weighted by molar-refractivity contribution is -0.187. The van der Waals surface area contributed by atoms with Gasteiger partial charge in [-0.05, 0) is 23.3 Å². The second-order valence-corrected chi connectivity index (χ2v) is 6.41. The molecule has 9 heteroatoms. The first-order valence-electron chi connectivity index (χ1n) is 8.85. The summed E-state index contributed by atoms with van der Waals surface area (Å²) in [6, 6.07) is 12.4. The first-order valence-corrected chi connectivity index (χ1v) is 8.85.